The van der Waals surface area contributed by atoms with Gasteiger partial charge in [-0.1, -0.05) is 18.2 Å². The van der Waals surface area contributed by atoms with E-state index in [-0.39, 0.29) is 12.1 Å². The minimum absolute atomic E-state index is 0.251. The number of hydrogen-bond acceptors (Lipinski definition) is 4. The number of benzene rings is 1. The van der Waals surface area contributed by atoms with Crippen molar-refractivity contribution in [2.45, 2.75) is 45.8 Å². The molecule has 27 heavy (non-hydrogen) atoms. The molecule has 0 spiro atoms. The highest BCUT2D eigenvalue weighted by atomic mass is 16.6. The summed E-state index contributed by atoms with van der Waals surface area (Å²) in [6.07, 6.45) is 1.40. The smallest absolute Gasteiger partial charge is 0.409 e. The summed E-state index contributed by atoms with van der Waals surface area (Å²) in [6, 6.07) is 8.07. The van der Waals surface area contributed by atoms with Crippen molar-refractivity contribution in [2.24, 2.45) is 0 Å². The van der Waals surface area contributed by atoms with Crippen LogP contribution in [0.4, 0.5) is 4.79 Å². The molecule has 7 nitrogen and oxygen atoms in total. The second kappa shape index (κ2) is 8.43. The van der Waals surface area contributed by atoms with Gasteiger partial charge < -0.3 is 24.6 Å². The zero-order chi connectivity index (χ0) is 19.4. The summed E-state index contributed by atoms with van der Waals surface area (Å²) in [5.41, 5.74) is 2.13. The molecule has 1 aliphatic rings. The molecule has 1 aliphatic heterocycles. The van der Waals surface area contributed by atoms with Crippen molar-refractivity contribution in [3.05, 3.63) is 35.5 Å². The Bertz CT molecular complexity index is 822. The van der Waals surface area contributed by atoms with E-state index in [2.05, 4.69) is 5.32 Å². The molecule has 0 unspecified atom stereocenters. The first-order valence-corrected chi connectivity index (χ1v) is 9.55. The molecule has 2 N–H and O–H groups in total. The van der Waals surface area contributed by atoms with Crippen LogP contribution in [0.1, 0.15) is 42.7 Å². The van der Waals surface area contributed by atoms with Gasteiger partial charge in [-0.15, -0.1) is 0 Å². The predicted molar refractivity (Wildman–Crippen MR) is 103 cm³/mol. The molecule has 0 saturated carbocycles. The topological polar surface area (TPSA) is 83.8 Å². The standard InChI is InChI=1S/C20H27N3O4/c1-3-23-17-8-6-5-7-15(17)16(18(23)19(24)25)13-21-14-9-11-22(12-10-14)20(26)27-4-2/h5-8,14,21H,3-4,9-13H2,1-2H3,(H,24,25). The second-order valence-corrected chi connectivity index (χ2v) is 6.73. The second-order valence-electron chi connectivity index (χ2n) is 6.73. The summed E-state index contributed by atoms with van der Waals surface area (Å²) in [6.45, 7) is 6.56. The van der Waals surface area contributed by atoms with Gasteiger partial charge in [-0.3, -0.25) is 0 Å². The number of fused-ring (bicyclic) bond motifs is 1. The third kappa shape index (κ3) is 3.93. The van der Waals surface area contributed by atoms with Gasteiger partial charge in [0.25, 0.3) is 0 Å². The average molecular weight is 373 g/mol. The molecule has 146 valence electrons. The van der Waals surface area contributed by atoms with Gasteiger partial charge >= 0.3 is 12.1 Å². The summed E-state index contributed by atoms with van der Waals surface area (Å²) in [5, 5.41) is 14.2. The summed E-state index contributed by atoms with van der Waals surface area (Å²) < 4.78 is 6.91. The Morgan fingerprint density at radius 1 is 1.22 bits per heavy atom. The van der Waals surface area contributed by atoms with Crippen molar-refractivity contribution in [3.8, 4) is 0 Å². The number of aryl methyl sites for hydroxylation is 1. The van der Waals surface area contributed by atoms with Gasteiger partial charge in [0.1, 0.15) is 5.69 Å². The number of piperidine rings is 1. The molecule has 3 rings (SSSR count). The zero-order valence-corrected chi connectivity index (χ0v) is 15.9. The van der Waals surface area contributed by atoms with Crippen LogP contribution in [0.5, 0.6) is 0 Å². The molecule has 1 amide bonds. The Hall–Kier alpha value is -2.54. The molecule has 1 saturated heterocycles. The number of carboxylic acids is 1. The van der Waals surface area contributed by atoms with E-state index in [0.29, 0.717) is 38.5 Å². The molecule has 7 heteroatoms. The van der Waals surface area contributed by atoms with Crippen LogP contribution in [0.3, 0.4) is 0 Å². The van der Waals surface area contributed by atoms with E-state index in [0.717, 1.165) is 29.3 Å². The van der Waals surface area contributed by atoms with Gasteiger partial charge in [-0.2, -0.15) is 0 Å². The van der Waals surface area contributed by atoms with Crippen molar-refractivity contribution < 1.29 is 19.4 Å². The summed E-state index contributed by atoms with van der Waals surface area (Å²) in [5.74, 6) is -0.901. The SMILES string of the molecule is CCOC(=O)N1CCC(NCc2c(C(=O)O)n(CC)c3ccccc23)CC1. The molecule has 0 aliphatic carbocycles. The molecule has 1 fully saturated rings. The van der Waals surface area contributed by atoms with Crippen molar-refractivity contribution in [1.82, 2.24) is 14.8 Å². The van der Waals surface area contributed by atoms with E-state index in [9.17, 15) is 14.7 Å². The Morgan fingerprint density at radius 2 is 1.93 bits per heavy atom. The van der Waals surface area contributed by atoms with Gasteiger partial charge in [0.2, 0.25) is 0 Å². The van der Waals surface area contributed by atoms with E-state index < -0.39 is 5.97 Å². The largest absolute Gasteiger partial charge is 0.477 e. The Labute approximate surface area is 158 Å². The number of nitrogens with zero attached hydrogens (tertiary/aromatic N) is 2. The van der Waals surface area contributed by atoms with Crippen molar-refractivity contribution >= 4 is 23.0 Å². The van der Waals surface area contributed by atoms with Gasteiger partial charge in [0.05, 0.1) is 6.61 Å². The number of rotatable bonds is 6. The lowest BCUT2D eigenvalue weighted by molar-refractivity contribution is 0.0683. The van der Waals surface area contributed by atoms with Crippen LogP contribution in [-0.4, -0.2) is 52.4 Å². The highest BCUT2D eigenvalue weighted by Crippen LogP contribution is 2.27. The zero-order valence-electron chi connectivity index (χ0n) is 15.9. The Morgan fingerprint density at radius 3 is 2.56 bits per heavy atom. The number of nitrogens with one attached hydrogen (secondary N) is 1. The molecule has 2 aromatic rings. The van der Waals surface area contributed by atoms with Gasteiger partial charge in [0, 0.05) is 48.7 Å². The maximum atomic E-state index is 11.9. The van der Waals surface area contributed by atoms with Gasteiger partial charge in [-0.05, 0) is 32.8 Å². The highest BCUT2D eigenvalue weighted by Gasteiger charge is 2.25. The normalized spacial score (nSPS) is 15.3. The number of carboxylic acid groups (broad SMARTS) is 1. The van der Waals surface area contributed by atoms with E-state index in [1.165, 1.54) is 0 Å². The highest BCUT2D eigenvalue weighted by molar-refractivity contribution is 5.98. The summed E-state index contributed by atoms with van der Waals surface area (Å²) in [7, 11) is 0. The Balaban J connectivity index is 1.72. The van der Waals surface area contributed by atoms with Crippen LogP contribution in [0, 0.1) is 0 Å². The van der Waals surface area contributed by atoms with Crippen LogP contribution in [0.15, 0.2) is 24.3 Å². The molecule has 1 aromatic carbocycles. The number of para-hydroxylation sites is 1. The maximum absolute atomic E-state index is 11.9. The lowest BCUT2D eigenvalue weighted by Crippen LogP contribution is -2.45. The number of amides is 1. The monoisotopic (exact) mass is 373 g/mol. The van der Waals surface area contributed by atoms with Crippen molar-refractivity contribution in [3.63, 3.8) is 0 Å². The molecular formula is C20H27N3O4. The molecular weight excluding hydrogens is 346 g/mol. The van der Waals surface area contributed by atoms with Gasteiger partial charge in [0.15, 0.2) is 0 Å². The fourth-order valence-electron chi connectivity index (χ4n) is 3.85. The first-order chi connectivity index (χ1) is 13.1. The minimum atomic E-state index is -0.901. The Kier molecular flexibility index (Phi) is 6.01. The van der Waals surface area contributed by atoms with E-state index in [1.54, 1.807) is 11.8 Å². The molecule has 0 radical (unpaired) electrons. The van der Waals surface area contributed by atoms with Crippen molar-refractivity contribution in [1.29, 1.82) is 0 Å². The van der Waals surface area contributed by atoms with Gasteiger partial charge in [-0.25, -0.2) is 9.59 Å². The fourth-order valence-corrected chi connectivity index (χ4v) is 3.85. The molecule has 1 aromatic heterocycles. The van der Waals surface area contributed by atoms with Crippen LogP contribution in [0.2, 0.25) is 0 Å². The predicted octanol–water partition coefficient (Wildman–Crippen LogP) is 3.07. The van der Waals surface area contributed by atoms with Crippen molar-refractivity contribution in [2.75, 3.05) is 19.7 Å². The lowest BCUT2D eigenvalue weighted by Gasteiger charge is -2.31. The number of aromatic nitrogens is 1. The molecule has 2 heterocycles. The van der Waals surface area contributed by atoms with Crippen LogP contribution in [0.25, 0.3) is 10.9 Å². The van der Waals surface area contributed by atoms with Crippen LogP contribution in [-0.2, 0) is 17.8 Å². The number of carbonyl (C=O) groups excluding carboxylic acids is 1. The van der Waals surface area contributed by atoms with E-state index in [1.807, 2.05) is 35.8 Å². The third-order valence-electron chi connectivity index (χ3n) is 5.18. The van der Waals surface area contributed by atoms with E-state index >= 15 is 0 Å². The van der Waals surface area contributed by atoms with E-state index in [4.69, 9.17) is 4.74 Å². The summed E-state index contributed by atoms with van der Waals surface area (Å²) in [4.78, 5) is 25.4. The number of aromatic carboxylic acids is 1. The van der Waals surface area contributed by atoms with Crippen LogP contribution >= 0.6 is 0 Å². The quantitative estimate of drug-likeness (QED) is 0.813. The van der Waals surface area contributed by atoms with Crippen LogP contribution < -0.4 is 5.32 Å². The third-order valence-corrected chi connectivity index (χ3v) is 5.18. The lowest BCUT2D eigenvalue weighted by atomic mass is 10.0. The number of likely N-dealkylation sites (tertiary alicyclic amines) is 1. The fraction of sp³-hybridized carbons (Fsp3) is 0.500. The maximum Gasteiger partial charge on any atom is 0.409 e. The molecule has 0 atom stereocenters. The number of hydrogen-bond donors (Lipinski definition) is 2. The average Bonchev–Trinajstić information content (AvgIpc) is 3.01. The first kappa shape index (κ1) is 19.2. The molecule has 0 bridgehead atoms. The number of ether oxygens (including phenoxy) is 1. The first-order valence-electron chi connectivity index (χ1n) is 9.55. The number of carbonyl (C=O) groups is 2. The summed E-state index contributed by atoms with van der Waals surface area (Å²) >= 11 is 0. The minimum Gasteiger partial charge on any atom is -0.477 e.